The van der Waals surface area contributed by atoms with E-state index in [0.717, 1.165) is 0 Å². The van der Waals surface area contributed by atoms with Gasteiger partial charge in [-0.15, -0.1) is 0 Å². The van der Waals surface area contributed by atoms with Gasteiger partial charge in [0.2, 0.25) is 5.91 Å². The van der Waals surface area contributed by atoms with Crippen LogP contribution in [0.5, 0.6) is 11.5 Å². The predicted molar refractivity (Wildman–Crippen MR) is 111 cm³/mol. The fourth-order valence-electron chi connectivity index (χ4n) is 2.96. The van der Waals surface area contributed by atoms with Crippen LogP contribution >= 0.6 is 0 Å². The topological polar surface area (TPSA) is 109 Å². The summed E-state index contributed by atoms with van der Waals surface area (Å²) in [6.45, 7) is 8.85. The Morgan fingerprint density at radius 3 is 2.23 bits per heavy atom. The summed E-state index contributed by atoms with van der Waals surface area (Å²) in [6.07, 6.45) is -0.345. The Labute approximate surface area is 176 Å². The van der Waals surface area contributed by atoms with E-state index in [4.69, 9.17) is 14.2 Å². The number of imide groups is 1. The van der Waals surface area contributed by atoms with Gasteiger partial charge < -0.3 is 24.4 Å². The molecule has 1 heterocycles. The molecule has 0 radical (unpaired) electrons. The molecule has 0 aromatic heterocycles. The van der Waals surface area contributed by atoms with E-state index in [-0.39, 0.29) is 12.6 Å². The number of anilines is 1. The number of rotatable bonds is 8. The first kappa shape index (κ1) is 23.3. The number of carbonyl (C=O) groups excluding carboxylic acids is 3. The van der Waals surface area contributed by atoms with Crippen LogP contribution in [0.4, 0.5) is 15.3 Å². The zero-order chi connectivity index (χ0) is 21.9. The third-order valence-corrected chi connectivity index (χ3v) is 4.32. The SMILES string of the molecule is CCOC(=O)N1CCN(CC(=O)NC(=O)Nc2ccc(OCC)c(OCC)c2)CC1. The van der Waals surface area contributed by atoms with E-state index in [1.54, 1.807) is 30.0 Å². The van der Waals surface area contributed by atoms with Gasteiger partial charge in [0, 0.05) is 37.9 Å². The maximum absolute atomic E-state index is 12.2. The largest absolute Gasteiger partial charge is 0.490 e. The fourth-order valence-corrected chi connectivity index (χ4v) is 2.96. The van der Waals surface area contributed by atoms with Crippen molar-refractivity contribution in [1.82, 2.24) is 15.1 Å². The lowest BCUT2D eigenvalue weighted by Gasteiger charge is -2.33. The molecule has 0 bridgehead atoms. The molecule has 0 aliphatic carbocycles. The number of amides is 4. The first-order valence-electron chi connectivity index (χ1n) is 10.1. The Morgan fingerprint density at radius 2 is 1.60 bits per heavy atom. The van der Waals surface area contributed by atoms with E-state index in [9.17, 15) is 14.4 Å². The van der Waals surface area contributed by atoms with Crippen molar-refractivity contribution in [1.29, 1.82) is 0 Å². The van der Waals surface area contributed by atoms with Gasteiger partial charge in [0.1, 0.15) is 0 Å². The van der Waals surface area contributed by atoms with Crippen LogP contribution in [0.3, 0.4) is 0 Å². The van der Waals surface area contributed by atoms with Gasteiger partial charge >= 0.3 is 12.1 Å². The number of piperazine rings is 1. The average molecular weight is 422 g/mol. The number of nitrogens with zero attached hydrogens (tertiary/aromatic N) is 2. The molecular weight excluding hydrogens is 392 g/mol. The molecule has 2 rings (SSSR count). The van der Waals surface area contributed by atoms with Gasteiger partial charge in [-0.2, -0.15) is 0 Å². The third kappa shape index (κ3) is 7.11. The Hall–Kier alpha value is -3.01. The van der Waals surface area contributed by atoms with Crippen LogP contribution in [0.1, 0.15) is 20.8 Å². The number of nitrogens with one attached hydrogen (secondary N) is 2. The number of urea groups is 1. The first-order chi connectivity index (χ1) is 14.5. The Bertz CT molecular complexity index is 734. The van der Waals surface area contributed by atoms with E-state index < -0.39 is 11.9 Å². The summed E-state index contributed by atoms with van der Waals surface area (Å²) in [5.74, 6) is 0.680. The van der Waals surface area contributed by atoms with Gasteiger partial charge in [0.05, 0.1) is 26.4 Å². The van der Waals surface area contributed by atoms with Crippen LogP contribution in [-0.2, 0) is 9.53 Å². The minimum absolute atomic E-state index is 0.0670. The summed E-state index contributed by atoms with van der Waals surface area (Å²) < 4.78 is 16.0. The molecule has 1 aliphatic heterocycles. The van der Waals surface area contributed by atoms with Gasteiger partial charge in [-0.05, 0) is 32.9 Å². The summed E-state index contributed by atoms with van der Waals surface area (Å²) in [6, 6.07) is 4.39. The summed E-state index contributed by atoms with van der Waals surface area (Å²) >= 11 is 0. The summed E-state index contributed by atoms with van der Waals surface area (Å²) in [5, 5.41) is 4.93. The molecule has 1 fully saturated rings. The summed E-state index contributed by atoms with van der Waals surface area (Å²) in [7, 11) is 0. The highest BCUT2D eigenvalue weighted by Crippen LogP contribution is 2.30. The van der Waals surface area contributed by atoms with Gasteiger partial charge in [-0.1, -0.05) is 0 Å². The minimum atomic E-state index is -0.628. The zero-order valence-corrected chi connectivity index (χ0v) is 17.7. The van der Waals surface area contributed by atoms with E-state index in [0.29, 0.717) is 63.2 Å². The van der Waals surface area contributed by atoms with E-state index >= 15 is 0 Å². The standard InChI is InChI=1S/C20H30N4O6/c1-4-28-16-8-7-15(13-17(16)29-5-2)21-19(26)22-18(25)14-23-9-11-24(12-10-23)20(27)30-6-3/h7-8,13H,4-6,9-12,14H2,1-3H3,(H2,21,22,25,26). The number of hydrogen-bond donors (Lipinski definition) is 2. The number of benzene rings is 1. The number of ether oxygens (including phenoxy) is 3. The molecule has 0 atom stereocenters. The molecule has 10 nitrogen and oxygen atoms in total. The van der Waals surface area contributed by atoms with E-state index in [2.05, 4.69) is 10.6 Å². The van der Waals surface area contributed by atoms with Gasteiger partial charge in [0.15, 0.2) is 11.5 Å². The number of carbonyl (C=O) groups is 3. The Morgan fingerprint density at radius 1 is 0.933 bits per heavy atom. The maximum atomic E-state index is 12.2. The lowest BCUT2D eigenvalue weighted by Crippen LogP contribution is -2.51. The number of hydrogen-bond acceptors (Lipinski definition) is 7. The minimum Gasteiger partial charge on any atom is -0.490 e. The van der Waals surface area contributed by atoms with Crippen LogP contribution in [0.25, 0.3) is 0 Å². The lowest BCUT2D eigenvalue weighted by molar-refractivity contribution is -0.121. The maximum Gasteiger partial charge on any atom is 0.409 e. The molecule has 0 saturated carbocycles. The second-order valence-electron chi connectivity index (χ2n) is 6.49. The highest BCUT2D eigenvalue weighted by Gasteiger charge is 2.23. The third-order valence-electron chi connectivity index (χ3n) is 4.32. The van der Waals surface area contributed by atoms with Crippen molar-refractivity contribution in [2.24, 2.45) is 0 Å². The molecule has 1 aromatic carbocycles. The molecule has 30 heavy (non-hydrogen) atoms. The van der Waals surface area contributed by atoms with Gasteiger partial charge in [0.25, 0.3) is 0 Å². The lowest BCUT2D eigenvalue weighted by atomic mass is 10.2. The van der Waals surface area contributed by atoms with Crippen molar-refractivity contribution < 1.29 is 28.6 Å². The molecule has 1 aromatic rings. The predicted octanol–water partition coefficient (Wildman–Crippen LogP) is 1.91. The van der Waals surface area contributed by atoms with Gasteiger partial charge in [-0.3, -0.25) is 15.0 Å². The van der Waals surface area contributed by atoms with Crippen LogP contribution in [0.15, 0.2) is 18.2 Å². The molecule has 0 spiro atoms. The molecule has 1 saturated heterocycles. The molecular formula is C20H30N4O6. The Kier molecular flexibility index (Phi) is 9.20. The highest BCUT2D eigenvalue weighted by atomic mass is 16.6. The van der Waals surface area contributed by atoms with Crippen LogP contribution in [-0.4, -0.2) is 80.4 Å². The first-order valence-corrected chi connectivity index (χ1v) is 10.1. The second-order valence-corrected chi connectivity index (χ2v) is 6.49. The molecule has 10 heteroatoms. The molecule has 2 N–H and O–H groups in total. The normalized spacial score (nSPS) is 14.0. The molecule has 1 aliphatic rings. The Balaban J connectivity index is 1.80. The van der Waals surface area contributed by atoms with Crippen molar-refractivity contribution >= 4 is 23.7 Å². The van der Waals surface area contributed by atoms with Crippen molar-refractivity contribution in [3.8, 4) is 11.5 Å². The average Bonchev–Trinajstić information content (AvgIpc) is 2.71. The van der Waals surface area contributed by atoms with Crippen LogP contribution < -0.4 is 20.1 Å². The molecule has 0 unspecified atom stereocenters. The van der Waals surface area contributed by atoms with Gasteiger partial charge in [-0.25, -0.2) is 9.59 Å². The molecule has 4 amide bonds. The zero-order valence-electron chi connectivity index (χ0n) is 17.7. The van der Waals surface area contributed by atoms with Crippen molar-refractivity contribution in [2.45, 2.75) is 20.8 Å². The van der Waals surface area contributed by atoms with Crippen LogP contribution in [0, 0.1) is 0 Å². The fraction of sp³-hybridized carbons (Fsp3) is 0.550. The van der Waals surface area contributed by atoms with E-state index in [1.807, 2.05) is 18.7 Å². The summed E-state index contributed by atoms with van der Waals surface area (Å²) in [4.78, 5) is 39.5. The summed E-state index contributed by atoms with van der Waals surface area (Å²) in [5.41, 5.74) is 0.482. The quantitative estimate of drug-likeness (QED) is 0.658. The highest BCUT2D eigenvalue weighted by molar-refractivity contribution is 6.01. The van der Waals surface area contributed by atoms with E-state index in [1.165, 1.54) is 0 Å². The monoisotopic (exact) mass is 422 g/mol. The van der Waals surface area contributed by atoms with Crippen LogP contribution in [0.2, 0.25) is 0 Å². The molecule has 166 valence electrons. The van der Waals surface area contributed by atoms with Crippen molar-refractivity contribution in [3.63, 3.8) is 0 Å². The van der Waals surface area contributed by atoms with Crippen molar-refractivity contribution in [2.75, 3.05) is 57.9 Å². The van der Waals surface area contributed by atoms with Crippen molar-refractivity contribution in [3.05, 3.63) is 18.2 Å². The second kappa shape index (κ2) is 11.9. The smallest absolute Gasteiger partial charge is 0.409 e.